The molecule has 0 aromatic heterocycles. The second kappa shape index (κ2) is 4.64. The SMILES string of the molecule is NC(=O)CCC(C(=O)O)N1CC2(CCCC2)C1. The zero-order valence-electron chi connectivity index (χ0n) is 10.0. The van der Waals surface area contributed by atoms with Crippen molar-refractivity contribution in [2.45, 2.75) is 44.6 Å². The standard InChI is InChI=1S/C12H20N2O3/c13-10(15)4-3-9(11(16)17)14-7-12(8-14)5-1-2-6-12/h9H,1-8H2,(H2,13,15)(H,16,17). The molecule has 5 heteroatoms. The van der Waals surface area contributed by atoms with Gasteiger partial charge in [-0.1, -0.05) is 12.8 Å². The Morgan fingerprint density at radius 2 is 1.88 bits per heavy atom. The van der Waals surface area contributed by atoms with Gasteiger partial charge < -0.3 is 10.8 Å². The van der Waals surface area contributed by atoms with Crippen molar-refractivity contribution in [3.8, 4) is 0 Å². The highest BCUT2D eigenvalue weighted by Crippen LogP contribution is 2.46. The Hall–Kier alpha value is -1.10. The maximum atomic E-state index is 11.2. The van der Waals surface area contributed by atoms with Crippen LogP contribution < -0.4 is 5.73 Å². The first kappa shape index (κ1) is 12.4. The molecule has 2 rings (SSSR count). The number of nitrogens with zero attached hydrogens (tertiary/aromatic N) is 1. The lowest BCUT2D eigenvalue weighted by atomic mass is 9.77. The monoisotopic (exact) mass is 240 g/mol. The lowest BCUT2D eigenvalue weighted by Gasteiger charge is -2.50. The summed E-state index contributed by atoms with van der Waals surface area (Å²) in [7, 11) is 0. The largest absolute Gasteiger partial charge is 0.480 e. The summed E-state index contributed by atoms with van der Waals surface area (Å²) >= 11 is 0. The van der Waals surface area contributed by atoms with Gasteiger partial charge in [0.1, 0.15) is 6.04 Å². The fourth-order valence-electron chi connectivity index (χ4n) is 3.22. The van der Waals surface area contributed by atoms with Crippen molar-refractivity contribution < 1.29 is 14.7 Å². The second-order valence-electron chi connectivity index (χ2n) is 5.47. The van der Waals surface area contributed by atoms with Gasteiger partial charge in [-0.05, 0) is 24.7 Å². The van der Waals surface area contributed by atoms with E-state index in [-0.39, 0.29) is 6.42 Å². The molecule has 0 radical (unpaired) electrons. The van der Waals surface area contributed by atoms with E-state index in [2.05, 4.69) is 0 Å². The highest BCUT2D eigenvalue weighted by molar-refractivity contribution is 5.77. The fraction of sp³-hybridized carbons (Fsp3) is 0.833. The van der Waals surface area contributed by atoms with E-state index in [1.807, 2.05) is 4.90 Å². The Bertz CT molecular complexity index is 316. The van der Waals surface area contributed by atoms with Crippen molar-refractivity contribution >= 4 is 11.9 Å². The van der Waals surface area contributed by atoms with E-state index in [1.165, 1.54) is 25.7 Å². The highest BCUT2D eigenvalue weighted by atomic mass is 16.4. The third kappa shape index (κ3) is 2.60. The Morgan fingerprint density at radius 3 is 2.35 bits per heavy atom. The molecule has 0 bridgehead atoms. The van der Waals surface area contributed by atoms with Crippen LogP contribution in [-0.2, 0) is 9.59 Å². The van der Waals surface area contributed by atoms with Gasteiger partial charge >= 0.3 is 5.97 Å². The van der Waals surface area contributed by atoms with Gasteiger partial charge in [0.05, 0.1) is 0 Å². The fourth-order valence-corrected chi connectivity index (χ4v) is 3.22. The van der Waals surface area contributed by atoms with Crippen LogP contribution in [0.4, 0.5) is 0 Å². The Kier molecular flexibility index (Phi) is 3.38. The van der Waals surface area contributed by atoms with E-state index in [0.717, 1.165) is 13.1 Å². The van der Waals surface area contributed by atoms with Crippen LogP contribution in [0.2, 0.25) is 0 Å². The lowest BCUT2D eigenvalue weighted by molar-refractivity contribution is -0.150. The van der Waals surface area contributed by atoms with Gasteiger partial charge in [0, 0.05) is 19.5 Å². The zero-order valence-corrected chi connectivity index (χ0v) is 10.0. The number of hydrogen-bond donors (Lipinski definition) is 2. The molecule has 2 aliphatic rings. The van der Waals surface area contributed by atoms with Crippen LogP contribution in [0.1, 0.15) is 38.5 Å². The Labute approximate surface area is 101 Å². The smallest absolute Gasteiger partial charge is 0.320 e. The summed E-state index contributed by atoms with van der Waals surface area (Å²) in [5.74, 6) is -1.26. The van der Waals surface area contributed by atoms with Crippen LogP contribution in [0.25, 0.3) is 0 Å². The van der Waals surface area contributed by atoms with Gasteiger partial charge in [-0.3, -0.25) is 14.5 Å². The van der Waals surface area contributed by atoms with Crippen molar-refractivity contribution in [1.29, 1.82) is 0 Å². The van der Waals surface area contributed by atoms with Gasteiger partial charge in [-0.2, -0.15) is 0 Å². The summed E-state index contributed by atoms with van der Waals surface area (Å²) in [5, 5.41) is 9.16. The summed E-state index contributed by atoms with van der Waals surface area (Å²) in [5.41, 5.74) is 5.46. The third-order valence-electron chi connectivity index (χ3n) is 4.13. The first-order valence-corrected chi connectivity index (χ1v) is 6.28. The van der Waals surface area contributed by atoms with Crippen LogP contribution in [0, 0.1) is 5.41 Å². The minimum atomic E-state index is -0.834. The molecule has 0 aromatic rings. The van der Waals surface area contributed by atoms with Crippen molar-refractivity contribution in [1.82, 2.24) is 4.90 Å². The van der Waals surface area contributed by atoms with Crippen LogP contribution in [-0.4, -0.2) is 41.0 Å². The number of hydrogen-bond acceptors (Lipinski definition) is 3. The molecular weight excluding hydrogens is 220 g/mol. The highest BCUT2D eigenvalue weighted by Gasteiger charge is 2.48. The second-order valence-corrected chi connectivity index (χ2v) is 5.47. The molecule has 17 heavy (non-hydrogen) atoms. The summed E-state index contributed by atoms with van der Waals surface area (Å²) in [6.45, 7) is 1.76. The van der Waals surface area contributed by atoms with E-state index in [4.69, 9.17) is 10.8 Å². The van der Waals surface area contributed by atoms with Gasteiger partial charge in [0.2, 0.25) is 5.91 Å². The molecule has 1 saturated carbocycles. The topological polar surface area (TPSA) is 83.6 Å². The Morgan fingerprint density at radius 1 is 1.29 bits per heavy atom. The summed E-state index contributed by atoms with van der Waals surface area (Å²) in [4.78, 5) is 23.9. The number of amides is 1. The summed E-state index contributed by atoms with van der Waals surface area (Å²) in [6.07, 6.45) is 5.48. The van der Waals surface area contributed by atoms with E-state index < -0.39 is 17.9 Å². The molecule has 1 heterocycles. The zero-order chi connectivity index (χ0) is 12.5. The molecule has 3 N–H and O–H groups in total. The first-order valence-electron chi connectivity index (χ1n) is 6.28. The molecule has 96 valence electrons. The molecule has 1 unspecified atom stereocenters. The van der Waals surface area contributed by atoms with Gasteiger partial charge in [0.15, 0.2) is 0 Å². The molecule has 0 aromatic carbocycles. The summed E-state index contributed by atoms with van der Waals surface area (Å²) in [6, 6.07) is -0.534. The third-order valence-corrected chi connectivity index (χ3v) is 4.13. The number of nitrogens with two attached hydrogens (primary N) is 1. The quantitative estimate of drug-likeness (QED) is 0.736. The Balaban J connectivity index is 1.86. The van der Waals surface area contributed by atoms with E-state index in [0.29, 0.717) is 11.8 Å². The van der Waals surface area contributed by atoms with Gasteiger partial charge in [0.25, 0.3) is 0 Å². The molecule has 2 fully saturated rings. The predicted molar refractivity (Wildman–Crippen MR) is 62.3 cm³/mol. The first-order chi connectivity index (χ1) is 8.02. The number of primary amides is 1. The number of carboxylic acid groups (broad SMARTS) is 1. The van der Waals surface area contributed by atoms with E-state index in [9.17, 15) is 9.59 Å². The minimum Gasteiger partial charge on any atom is -0.480 e. The molecule has 5 nitrogen and oxygen atoms in total. The molecule has 1 saturated heterocycles. The van der Waals surface area contributed by atoms with E-state index >= 15 is 0 Å². The van der Waals surface area contributed by atoms with Crippen LogP contribution >= 0.6 is 0 Å². The number of carboxylic acids is 1. The van der Waals surface area contributed by atoms with E-state index in [1.54, 1.807) is 0 Å². The minimum absolute atomic E-state index is 0.153. The van der Waals surface area contributed by atoms with Crippen LogP contribution in [0.3, 0.4) is 0 Å². The summed E-state index contributed by atoms with van der Waals surface area (Å²) < 4.78 is 0. The number of aliphatic carboxylic acids is 1. The number of carbonyl (C=O) groups excluding carboxylic acids is 1. The average Bonchev–Trinajstić information content (AvgIpc) is 2.64. The molecule has 1 aliphatic carbocycles. The maximum Gasteiger partial charge on any atom is 0.320 e. The van der Waals surface area contributed by atoms with Crippen molar-refractivity contribution in [3.63, 3.8) is 0 Å². The van der Waals surface area contributed by atoms with Gasteiger partial charge in [-0.25, -0.2) is 0 Å². The molecule has 1 aliphatic heterocycles. The molecule has 1 amide bonds. The average molecular weight is 240 g/mol. The lowest BCUT2D eigenvalue weighted by Crippen LogP contribution is -2.60. The van der Waals surface area contributed by atoms with Gasteiger partial charge in [-0.15, -0.1) is 0 Å². The molecular formula is C12H20N2O3. The van der Waals surface area contributed by atoms with Crippen molar-refractivity contribution in [2.75, 3.05) is 13.1 Å². The van der Waals surface area contributed by atoms with Crippen LogP contribution in [0.5, 0.6) is 0 Å². The maximum absolute atomic E-state index is 11.2. The molecule has 1 atom stereocenters. The predicted octanol–water partition coefficient (Wildman–Crippen LogP) is 0.581. The number of carbonyl (C=O) groups is 2. The molecule has 1 spiro atoms. The normalized spacial score (nSPS) is 24.5. The number of rotatable bonds is 5. The van der Waals surface area contributed by atoms with Crippen LogP contribution in [0.15, 0.2) is 0 Å². The number of likely N-dealkylation sites (tertiary alicyclic amines) is 1. The van der Waals surface area contributed by atoms with Crippen molar-refractivity contribution in [3.05, 3.63) is 0 Å². The van der Waals surface area contributed by atoms with Crippen molar-refractivity contribution in [2.24, 2.45) is 11.1 Å².